The first-order valence-electron chi connectivity index (χ1n) is 7.33. The van der Waals surface area contributed by atoms with Crippen LogP contribution in [0.3, 0.4) is 0 Å². The standard InChI is InChI=1S/C15H20N2O4/c18-15(19)13-8-7-12(10-14(13)17(20)21)16-9-3-6-11-4-1-2-5-11/h7-8,10-11,16H,1-6,9H2,(H,18,19). The molecular formula is C15H20N2O4. The van der Waals surface area contributed by atoms with Crippen LogP contribution in [0, 0.1) is 16.0 Å². The van der Waals surface area contributed by atoms with Crippen molar-refractivity contribution in [2.45, 2.75) is 38.5 Å². The van der Waals surface area contributed by atoms with E-state index >= 15 is 0 Å². The molecule has 0 radical (unpaired) electrons. The summed E-state index contributed by atoms with van der Waals surface area (Å²) in [7, 11) is 0. The molecule has 114 valence electrons. The van der Waals surface area contributed by atoms with Gasteiger partial charge in [0.2, 0.25) is 0 Å². The lowest BCUT2D eigenvalue weighted by molar-refractivity contribution is -0.385. The van der Waals surface area contributed by atoms with Crippen molar-refractivity contribution >= 4 is 17.3 Å². The van der Waals surface area contributed by atoms with Crippen molar-refractivity contribution in [2.75, 3.05) is 11.9 Å². The number of nitrogens with zero attached hydrogens (tertiary/aromatic N) is 1. The summed E-state index contributed by atoms with van der Waals surface area (Å²) in [5.41, 5.74) is -0.0575. The lowest BCUT2D eigenvalue weighted by atomic mass is 10.0. The molecule has 6 heteroatoms. The van der Waals surface area contributed by atoms with Crippen molar-refractivity contribution in [1.29, 1.82) is 0 Å². The van der Waals surface area contributed by atoms with Gasteiger partial charge >= 0.3 is 5.97 Å². The van der Waals surface area contributed by atoms with E-state index < -0.39 is 10.9 Å². The minimum atomic E-state index is -1.28. The fraction of sp³-hybridized carbons (Fsp3) is 0.533. The van der Waals surface area contributed by atoms with Crippen LogP contribution in [-0.2, 0) is 0 Å². The van der Waals surface area contributed by atoms with Gasteiger partial charge in [-0.3, -0.25) is 10.1 Å². The van der Waals surface area contributed by atoms with Crippen molar-refractivity contribution in [3.63, 3.8) is 0 Å². The molecule has 0 atom stereocenters. The Labute approximate surface area is 123 Å². The third-order valence-corrected chi connectivity index (χ3v) is 4.02. The zero-order chi connectivity index (χ0) is 15.2. The Morgan fingerprint density at radius 1 is 1.38 bits per heavy atom. The lowest BCUT2D eigenvalue weighted by Gasteiger charge is -2.10. The smallest absolute Gasteiger partial charge is 0.342 e. The minimum absolute atomic E-state index is 0.281. The summed E-state index contributed by atoms with van der Waals surface area (Å²) in [5.74, 6) is -0.454. The molecule has 2 rings (SSSR count). The van der Waals surface area contributed by atoms with E-state index in [0.29, 0.717) is 5.69 Å². The van der Waals surface area contributed by atoms with Gasteiger partial charge in [0.15, 0.2) is 0 Å². The number of hydrogen-bond donors (Lipinski definition) is 2. The van der Waals surface area contributed by atoms with Gasteiger partial charge < -0.3 is 10.4 Å². The average molecular weight is 292 g/mol. The Morgan fingerprint density at radius 2 is 2.10 bits per heavy atom. The monoisotopic (exact) mass is 292 g/mol. The predicted octanol–water partition coefficient (Wildman–Crippen LogP) is 3.68. The number of nitro benzene ring substituents is 1. The number of nitrogens with one attached hydrogen (secondary N) is 1. The van der Waals surface area contributed by atoms with Crippen LogP contribution in [0.5, 0.6) is 0 Å². The molecule has 1 aromatic rings. The molecular weight excluding hydrogens is 272 g/mol. The largest absolute Gasteiger partial charge is 0.477 e. The van der Waals surface area contributed by atoms with E-state index in [-0.39, 0.29) is 11.3 Å². The van der Waals surface area contributed by atoms with Crippen LogP contribution in [-0.4, -0.2) is 22.5 Å². The molecule has 0 saturated heterocycles. The van der Waals surface area contributed by atoms with E-state index in [1.807, 2.05) is 0 Å². The van der Waals surface area contributed by atoms with Gasteiger partial charge in [0.1, 0.15) is 5.56 Å². The maximum atomic E-state index is 10.9. The lowest BCUT2D eigenvalue weighted by Crippen LogP contribution is -2.07. The molecule has 0 aromatic heterocycles. The van der Waals surface area contributed by atoms with Crippen LogP contribution in [0.1, 0.15) is 48.9 Å². The molecule has 1 aromatic carbocycles. The summed E-state index contributed by atoms with van der Waals surface area (Å²) < 4.78 is 0. The first-order chi connectivity index (χ1) is 10.1. The number of anilines is 1. The van der Waals surface area contributed by atoms with Crippen LogP contribution in [0.25, 0.3) is 0 Å². The van der Waals surface area contributed by atoms with E-state index in [0.717, 1.165) is 18.9 Å². The molecule has 21 heavy (non-hydrogen) atoms. The van der Waals surface area contributed by atoms with Crippen molar-refractivity contribution in [3.8, 4) is 0 Å². The van der Waals surface area contributed by atoms with Gasteiger partial charge in [0.25, 0.3) is 5.69 Å². The van der Waals surface area contributed by atoms with Gasteiger partial charge in [-0.15, -0.1) is 0 Å². The highest BCUT2D eigenvalue weighted by Gasteiger charge is 2.20. The highest BCUT2D eigenvalue weighted by molar-refractivity contribution is 5.93. The van der Waals surface area contributed by atoms with Gasteiger partial charge in [-0.25, -0.2) is 4.79 Å². The van der Waals surface area contributed by atoms with Gasteiger partial charge in [0.05, 0.1) is 4.92 Å². The zero-order valence-corrected chi connectivity index (χ0v) is 11.9. The Hall–Kier alpha value is -2.11. The number of benzene rings is 1. The van der Waals surface area contributed by atoms with E-state index in [1.165, 1.54) is 44.2 Å². The molecule has 0 amide bonds. The molecule has 1 fully saturated rings. The number of carboxylic acids is 1. The first-order valence-corrected chi connectivity index (χ1v) is 7.33. The molecule has 1 aliphatic rings. The molecule has 0 unspecified atom stereocenters. The predicted molar refractivity (Wildman–Crippen MR) is 79.7 cm³/mol. The third-order valence-electron chi connectivity index (χ3n) is 4.02. The fourth-order valence-electron chi connectivity index (χ4n) is 2.90. The zero-order valence-electron chi connectivity index (χ0n) is 11.9. The van der Waals surface area contributed by atoms with Gasteiger partial charge in [-0.05, 0) is 30.9 Å². The van der Waals surface area contributed by atoms with E-state index in [4.69, 9.17) is 5.11 Å². The third kappa shape index (κ3) is 4.18. The quantitative estimate of drug-likeness (QED) is 0.454. The summed E-state index contributed by atoms with van der Waals surface area (Å²) in [4.78, 5) is 21.2. The van der Waals surface area contributed by atoms with Crippen LogP contribution in [0.15, 0.2) is 18.2 Å². The molecule has 0 spiro atoms. The normalized spacial score (nSPS) is 15.0. The minimum Gasteiger partial charge on any atom is -0.477 e. The Morgan fingerprint density at radius 3 is 2.71 bits per heavy atom. The SMILES string of the molecule is O=C(O)c1ccc(NCCCC2CCCC2)cc1[N+](=O)[O-]. The van der Waals surface area contributed by atoms with Gasteiger partial charge in [0, 0.05) is 18.3 Å². The van der Waals surface area contributed by atoms with Crippen molar-refractivity contribution in [2.24, 2.45) is 5.92 Å². The number of rotatable bonds is 7. The topological polar surface area (TPSA) is 92.5 Å². The number of nitro groups is 1. The molecule has 1 aliphatic carbocycles. The van der Waals surface area contributed by atoms with Crippen LogP contribution in [0.2, 0.25) is 0 Å². The van der Waals surface area contributed by atoms with E-state index in [1.54, 1.807) is 6.07 Å². The fourth-order valence-corrected chi connectivity index (χ4v) is 2.90. The van der Waals surface area contributed by atoms with E-state index in [2.05, 4.69) is 5.32 Å². The molecule has 0 bridgehead atoms. The molecule has 0 aliphatic heterocycles. The average Bonchev–Trinajstić information content (AvgIpc) is 2.96. The number of carboxylic acid groups (broad SMARTS) is 1. The molecule has 1 saturated carbocycles. The van der Waals surface area contributed by atoms with Crippen molar-refractivity contribution in [1.82, 2.24) is 0 Å². The molecule has 2 N–H and O–H groups in total. The number of hydrogen-bond acceptors (Lipinski definition) is 4. The number of carbonyl (C=O) groups is 1. The second-order valence-corrected chi connectivity index (χ2v) is 5.51. The van der Waals surface area contributed by atoms with Gasteiger partial charge in [-0.2, -0.15) is 0 Å². The second-order valence-electron chi connectivity index (χ2n) is 5.51. The molecule has 6 nitrogen and oxygen atoms in total. The van der Waals surface area contributed by atoms with Crippen LogP contribution < -0.4 is 5.32 Å². The maximum Gasteiger partial charge on any atom is 0.342 e. The Balaban J connectivity index is 1.89. The highest BCUT2D eigenvalue weighted by atomic mass is 16.6. The highest BCUT2D eigenvalue weighted by Crippen LogP contribution is 2.28. The summed E-state index contributed by atoms with van der Waals surface area (Å²) in [6, 6.07) is 4.14. The van der Waals surface area contributed by atoms with E-state index in [9.17, 15) is 14.9 Å². The van der Waals surface area contributed by atoms with Gasteiger partial charge in [-0.1, -0.05) is 25.7 Å². The van der Waals surface area contributed by atoms with Crippen molar-refractivity contribution in [3.05, 3.63) is 33.9 Å². The Bertz CT molecular complexity index is 524. The summed E-state index contributed by atoms with van der Waals surface area (Å²) >= 11 is 0. The van der Waals surface area contributed by atoms with Crippen molar-refractivity contribution < 1.29 is 14.8 Å². The summed E-state index contributed by atoms with van der Waals surface area (Å²) in [5, 5.41) is 22.9. The summed E-state index contributed by atoms with van der Waals surface area (Å²) in [6.07, 6.45) is 7.51. The Kier molecular flexibility index (Phi) is 5.14. The second kappa shape index (κ2) is 7.06. The van der Waals surface area contributed by atoms with Crippen LogP contribution in [0.4, 0.5) is 11.4 Å². The first kappa shape index (κ1) is 15.3. The number of aromatic carboxylic acids is 1. The maximum absolute atomic E-state index is 10.9. The van der Waals surface area contributed by atoms with Crippen LogP contribution >= 0.6 is 0 Å². The summed E-state index contributed by atoms with van der Waals surface area (Å²) in [6.45, 7) is 0.750. The molecule has 0 heterocycles.